The number of nitrogens with zero attached hydrogens (tertiary/aromatic N) is 1. The van der Waals surface area contributed by atoms with Crippen molar-refractivity contribution in [3.63, 3.8) is 0 Å². The van der Waals surface area contributed by atoms with Gasteiger partial charge in [0.15, 0.2) is 6.61 Å². The Morgan fingerprint density at radius 2 is 2.10 bits per heavy atom. The summed E-state index contributed by atoms with van der Waals surface area (Å²) < 4.78 is 11.3. The maximum atomic E-state index is 11.7. The largest absolute Gasteiger partial charge is 0.497 e. The summed E-state index contributed by atoms with van der Waals surface area (Å²) in [6.45, 7) is -0.0923. The van der Waals surface area contributed by atoms with Crippen LogP contribution in [0.2, 0.25) is 0 Å². The molecule has 0 saturated carbocycles. The van der Waals surface area contributed by atoms with Crippen LogP contribution in [0.4, 0.5) is 5.82 Å². The summed E-state index contributed by atoms with van der Waals surface area (Å²) in [6, 6.07) is 10.6. The normalized spacial score (nSPS) is 9.90. The molecule has 1 heterocycles. The van der Waals surface area contributed by atoms with Crippen LogP contribution in [0.5, 0.6) is 11.5 Å². The number of aromatic nitrogens is 1. The van der Waals surface area contributed by atoms with Crippen molar-refractivity contribution in [2.45, 2.75) is 0 Å². The molecular formula is C14H13BrN2O3. The average Bonchev–Trinajstić information content (AvgIpc) is 2.48. The molecule has 1 aromatic carbocycles. The van der Waals surface area contributed by atoms with Gasteiger partial charge >= 0.3 is 0 Å². The molecular weight excluding hydrogens is 324 g/mol. The number of carbonyl (C=O) groups is 1. The predicted molar refractivity (Wildman–Crippen MR) is 79.1 cm³/mol. The van der Waals surface area contributed by atoms with E-state index in [1.54, 1.807) is 49.7 Å². The fourth-order valence-corrected chi connectivity index (χ4v) is 1.70. The molecule has 104 valence electrons. The second-order valence-corrected chi connectivity index (χ2v) is 4.79. The number of hydrogen-bond acceptors (Lipinski definition) is 4. The summed E-state index contributed by atoms with van der Waals surface area (Å²) in [5.74, 6) is 1.45. The molecule has 1 N–H and O–H groups in total. The molecule has 0 unspecified atom stereocenters. The molecule has 5 nitrogen and oxygen atoms in total. The molecule has 1 aromatic heterocycles. The molecule has 0 aliphatic carbocycles. The van der Waals surface area contributed by atoms with E-state index in [0.29, 0.717) is 17.3 Å². The van der Waals surface area contributed by atoms with Crippen LogP contribution in [0.3, 0.4) is 0 Å². The Bertz CT molecular complexity index is 587. The Labute approximate surface area is 125 Å². The number of nitrogens with one attached hydrogen (secondary N) is 1. The second kappa shape index (κ2) is 6.91. The van der Waals surface area contributed by atoms with Crippen molar-refractivity contribution < 1.29 is 14.3 Å². The van der Waals surface area contributed by atoms with Gasteiger partial charge in [-0.25, -0.2) is 4.98 Å². The van der Waals surface area contributed by atoms with Crippen molar-refractivity contribution in [2.75, 3.05) is 19.0 Å². The maximum absolute atomic E-state index is 11.7. The Morgan fingerprint density at radius 3 is 2.80 bits per heavy atom. The standard InChI is InChI=1S/C14H13BrN2O3/c1-19-11-3-2-4-12(7-11)20-9-14(18)17-13-6-5-10(15)8-16-13/h2-8H,9H2,1H3,(H,16,17,18). The van der Waals surface area contributed by atoms with Gasteiger partial charge in [-0.3, -0.25) is 4.79 Å². The van der Waals surface area contributed by atoms with Crippen LogP contribution in [-0.2, 0) is 4.79 Å². The van der Waals surface area contributed by atoms with E-state index in [1.807, 2.05) is 0 Å². The number of rotatable bonds is 5. The van der Waals surface area contributed by atoms with E-state index in [0.717, 1.165) is 4.47 Å². The summed E-state index contributed by atoms with van der Waals surface area (Å²) >= 11 is 3.27. The molecule has 1 amide bonds. The number of amides is 1. The zero-order chi connectivity index (χ0) is 14.4. The SMILES string of the molecule is COc1cccc(OCC(=O)Nc2ccc(Br)cn2)c1. The summed E-state index contributed by atoms with van der Waals surface area (Å²) in [5, 5.41) is 2.64. The summed E-state index contributed by atoms with van der Waals surface area (Å²) in [7, 11) is 1.57. The highest BCUT2D eigenvalue weighted by Gasteiger charge is 2.05. The minimum absolute atomic E-state index is 0.0923. The molecule has 0 aliphatic heterocycles. The van der Waals surface area contributed by atoms with Gasteiger partial charge in [-0.1, -0.05) is 6.07 Å². The van der Waals surface area contributed by atoms with Gasteiger partial charge in [0.25, 0.3) is 5.91 Å². The number of carbonyl (C=O) groups excluding carboxylic acids is 1. The minimum Gasteiger partial charge on any atom is -0.497 e. The van der Waals surface area contributed by atoms with Gasteiger partial charge in [0.05, 0.1) is 7.11 Å². The first-order chi connectivity index (χ1) is 9.67. The van der Waals surface area contributed by atoms with Gasteiger partial charge in [-0.05, 0) is 40.2 Å². The predicted octanol–water partition coefficient (Wildman–Crippen LogP) is 2.87. The quantitative estimate of drug-likeness (QED) is 0.911. The van der Waals surface area contributed by atoms with Gasteiger partial charge in [-0.15, -0.1) is 0 Å². The summed E-state index contributed by atoms with van der Waals surface area (Å²) in [4.78, 5) is 15.8. The van der Waals surface area contributed by atoms with Crippen molar-refractivity contribution in [3.05, 3.63) is 47.1 Å². The van der Waals surface area contributed by atoms with E-state index in [1.165, 1.54) is 0 Å². The number of hydrogen-bond donors (Lipinski definition) is 1. The zero-order valence-corrected chi connectivity index (χ0v) is 12.4. The van der Waals surface area contributed by atoms with Crippen LogP contribution >= 0.6 is 15.9 Å². The average molecular weight is 337 g/mol. The highest BCUT2D eigenvalue weighted by Crippen LogP contribution is 2.18. The first kappa shape index (κ1) is 14.3. The molecule has 0 bridgehead atoms. The number of pyridine rings is 1. The number of halogens is 1. The topological polar surface area (TPSA) is 60.5 Å². The van der Waals surface area contributed by atoms with Crippen LogP contribution in [-0.4, -0.2) is 24.6 Å². The van der Waals surface area contributed by atoms with Crippen molar-refractivity contribution in [2.24, 2.45) is 0 Å². The van der Waals surface area contributed by atoms with Crippen molar-refractivity contribution in [1.29, 1.82) is 0 Å². The first-order valence-corrected chi connectivity index (χ1v) is 6.65. The zero-order valence-electron chi connectivity index (χ0n) is 10.8. The van der Waals surface area contributed by atoms with Crippen LogP contribution in [0.25, 0.3) is 0 Å². The Morgan fingerprint density at radius 1 is 1.30 bits per heavy atom. The lowest BCUT2D eigenvalue weighted by molar-refractivity contribution is -0.118. The van der Waals surface area contributed by atoms with Gasteiger partial charge in [0.2, 0.25) is 0 Å². The lowest BCUT2D eigenvalue weighted by Crippen LogP contribution is -2.20. The summed E-state index contributed by atoms with van der Waals surface area (Å²) in [5.41, 5.74) is 0. The van der Waals surface area contributed by atoms with E-state index in [-0.39, 0.29) is 12.5 Å². The molecule has 2 aromatic rings. The van der Waals surface area contributed by atoms with Gasteiger partial charge in [0, 0.05) is 16.7 Å². The smallest absolute Gasteiger partial charge is 0.263 e. The van der Waals surface area contributed by atoms with Crippen molar-refractivity contribution >= 4 is 27.7 Å². The van der Waals surface area contributed by atoms with Crippen LogP contribution in [0.15, 0.2) is 47.1 Å². The lowest BCUT2D eigenvalue weighted by atomic mass is 10.3. The molecule has 0 atom stereocenters. The van der Waals surface area contributed by atoms with E-state index < -0.39 is 0 Å². The third-order valence-electron chi connectivity index (χ3n) is 2.41. The van der Waals surface area contributed by atoms with Gasteiger partial charge in [-0.2, -0.15) is 0 Å². The number of ether oxygens (including phenoxy) is 2. The van der Waals surface area contributed by atoms with Gasteiger partial charge in [0.1, 0.15) is 17.3 Å². The van der Waals surface area contributed by atoms with E-state index in [4.69, 9.17) is 9.47 Å². The van der Waals surface area contributed by atoms with E-state index in [2.05, 4.69) is 26.2 Å². The minimum atomic E-state index is -0.275. The number of methoxy groups -OCH3 is 1. The van der Waals surface area contributed by atoms with Crippen molar-refractivity contribution in [3.8, 4) is 11.5 Å². The monoisotopic (exact) mass is 336 g/mol. The number of anilines is 1. The van der Waals surface area contributed by atoms with E-state index >= 15 is 0 Å². The molecule has 0 radical (unpaired) electrons. The van der Waals surface area contributed by atoms with Crippen LogP contribution in [0.1, 0.15) is 0 Å². The third-order valence-corrected chi connectivity index (χ3v) is 2.88. The molecule has 0 saturated heterocycles. The Balaban J connectivity index is 1.87. The second-order valence-electron chi connectivity index (χ2n) is 3.88. The molecule has 6 heteroatoms. The van der Waals surface area contributed by atoms with E-state index in [9.17, 15) is 4.79 Å². The molecule has 0 fully saturated rings. The van der Waals surface area contributed by atoms with Crippen molar-refractivity contribution in [1.82, 2.24) is 4.98 Å². The van der Waals surface area contributed by atoms with Crippen LogP contribution in [0, 0.1) is 0 Å². The Hall–Kier alpha value is -2.08. The van der Waals surface area contributed by atoms with Crippen LogP contribution < -0.4 is 14.8 Å². The maximum Gasteiger partial charge on any atom is 0.263 e. The van der Waals surface area contributed by atoms with Gasteiger partial charge < -0.3 is 14.8 Å². The molecule has 0 spiro atoms. The highest BCUT2D eigenvalue weighted by atomic mass is 79.9. The fourth-order valence-electron chi connectivity index (χ4n) is 1.47. The fraction of sp³-hybridized carbons (Fsp3) is 0.143. The highest BCUT2D eigenvalue weighted by molar-refractivity contribution is 9.10. The Kier molecular flexibility index (Phi) is 4.95. The lowest BCUT2D eigenvalue weighted by Gasteiger charge is -2.08. The number of benzene rings is 1. The molecule has 2 rings (SSSR count). The summed E-state index contributed by atoms with van der Waals surface area (Å²) in [6.07, 6.45) is 1.61. The molecule has 0 aliphatic rings. The third kappa shape index (κ3) is 4.24. The molecule has 20 heavy (non-hydrogen) atoms. The first-order valence-electron chi connectivity index (χ1n) is 5.85.